The summed E-state index contributed by atoms with van der Waals surface area (Å²) in [4.78, 5) is 11.3. The van der Waals surface area contributed by atoms with E-state index in [1.165, 1.54) is 16.7 Å². The highest BCUT2D eigenvalue weighted by Gasteiger charge is 2.15. The van der Waals surface area contributed by atoms with Crippen LogP contribution in [0.3, 0.4) is 0 Å². The van der Waals surface area contributed by atoms with E-state index in [9.17, 15) is 4.79 Å². The Hall–Kier alpha value is -1.35. The Balaban J connectivity index is 1.98. The van der Waals surface area contributed by atoms with Gasteiger partial charge in [-0.3, -0.25) is 4.79 Å². The van der Waals surface area contributed by atoms with Gasteiger partial charge >= 0.3 is 5.97 Å². The van der Waals surface area contributed by atoms with Crippen LogP contribution in [0.5, 0.6) is 0 Å². The first-order valence-corrected chi connectivity index (χ1v) is 6.71. The maximum Gasteiger partial charge on any atom is 0.306 e. The van der Waals surface area contributed by atoms with Gasteiger partial charge in [0.25, 0.3) is 0 Å². The fraction of sp³-hybridized carbons (Fsp3) is 0.533. The Morgan fingerprint density at radius 3 is 3.06 bits per heavy atom. The topological polar surface area (TPSA) is 52.3 Å². The molecule has 3 nitrogen and oxygen atoms in total. The van der Waals surface area contributed by atoms with Gasteiger partial charge in [-0.1, -0.05) is 18.2 Å². The summed E-state index contributed by atoms with van der Waals surface area (Å²) in [6.45, 7) is 2.29. The molecule has 98 valence electrons. The average molecular weight is 247 g/mol. The molecule has 0 fully saturated rings. The molecule has 0 saturated carbocycles. The Labute approximate surface area is 108 Å². The van der Waals surface area contributed by atoms with Crippen LogP contribution < -0.4 is 5.73 Å². The number of fused-ring (bicyclic) bond motifs is 1. The summed E-state index contributed by atoms with van der Waals surface area (Å²) in [6, 6.07) is 6.79. The van der Waals surface area contributed by atoms with E-state index in [1.807, 2.05) is 6.92 Å². The molecule has 0 aromatic heterocycles. The lowest BCUT2D eigenvalue weighted by Gasteiger charge is -2.22. The van der Waals surface area contributed by atoms with Crippen molar-refractivity contribution >= 4 is 5.97 Å². The number of benzene rings is 1. The maximum atomic E-state index is 11.3. The van der Waals surface area contributed by atoms with Crippen LogP contribution in [0.4, 0.5) is 0 Å². The molecular formula is C15H21NO2. The number of nitrogens with two attached hydrogens (primary N) is 1. The third-order valence-corrected chi connectivity index (χ3v) is 3.46. The van der Waals surface area contributed by atoms with Gasteiger partial charge in [-0.2, -0.15) is 0 Å². The molecule has 2 N–H and O–H groups in total. The van der Waals surface area contributed by atoms with Crippen molar-refractivity contribution in [1.82, 2.24) is 0 Å². The van der Waals surface area contributed by atoms with Crippen LogP contribution in [0.15, 0.2) is 18.2 Å². The predicted octanol–water partition coefficient (Wildman–Crippen LogP) is 2.00. The molecule has 0 spiro atoms. The van der Waals surface area contributed by atoms with Crippen molar-refractivity contribution in [2.45, 2.75) is 45.1 Å². The minimum Gasteiger partial charge on any atom is -0.466 e. The van der Waals surface area contributed by atoms with Crippen molar-refractivity contribution in [2.24, 2.45) is 5.73 Å². The number of hydrogen-bond acceptors (Lipinski definition) is 3. The molecule has 0 amide bonds. The molecule has 0 heterocycles. The third-order valence-electron chi connectivity index (χ3n) is 3.46. The zero-order valence-corrected chi connectivity index (χ0v) is 10.9. The van der Waals surface area contributed by atoms with E-state index in [4.69, 9.17) is 10.5 Å². The standard InChI is InChI=1S/C15H21NO2/c1-2-18-15(17)8-4-11-3-5-12-6-7-14(16)10-13(12)9-11/h3,5,9,14H,2,4,6-8,10,16H2,1H3/t14-/m1/s1. The SMILES string of the molecule is CCOC(=O)CCc1ccc2c(c1)C[C@H](N)CC2. The second-order valence-corrected chi connectivity index (χ2v) is 4.91. The average Bonchev–Trinajstić information content (AvgIpc) is 2.36. The van der Waals surface area contributed by atoms with Gasteiger partial charge in [0, 0.05) is 12.5 Å². The molecular weight excluding hydrogens is 226 g/mol. The fourth-order valence-corrected chi connectivity index (χ4v) is 2.47. The van der Waals surface area contributed by atoms with Gasteiger partial charge < -0.3 is 10.5 Å². The minimum atomic E-state index is -0.119. The van der Waals surface area contributed by atoms with E-state index in [0.29, 0.717) is 13.0 Å². The van der Waals surface area contributed by atoms with Gasteiger partial charge in [0.05, 0.1) is 6.61 Å². The molecule has 0 saturated heterocycles. The highest BCUT2D eigenvalue weighted by atomic mass is 16.5. The number of carbonyl (C=O) groups excluding carboxylic acids is 1. The molecule has 0 bridgehead atoms. The maximum absolute atomic E-state index is 11.3. The van der Waals surface area contributed by atoms with Gasteiger partial charge in [0.15, 0.2) is 0 Å². The number of ether oxygens (including phenoxy) is 1. The van der Waals surface area contributed by atoms with Crippen LogP contribution in [-0.2, 0) is 28.8 Å². The minimum absolute atomic E-state index is 0.119. The Bertz CT molecular complexity index is 429. The molecule has 1 aliphatic carbocycles. The zero-order chi connectivity index (χ0) is 13.0. The molecule has 18 heavy (non-hydrogen) atoms. The first-order chi connectivity index (χ1) is 8.69. The molecule has 1 atom stereocenters. The molecule has 1 aromatic rings. The van der Waals surface area contributed by atoms with Crippen LogP contribution in [0.1, 0.15) is 36.5 Å². The third kappa shape index (κ3) is 3.33. The second-order valence-electron chi connectivity index (χ2n) is 4.91. The normalized spacial score (nSPS) is 18.2. The number of rotatable bonds is 4. The molecule has 1 aromatic carbocycles. The molecule has 0 aliphatic heterocycles. The predicted molar refractivity (Wildman–Crippen MR) is 71.4 cm³/mol. The smallest absolute Gasteiger partial charge is 0.306 e. The molecule has 2 rings (SSSR count). The lowest BCUT2D eigenvalue weighted by atomic mass is 9.87. The van der Waals surface area contributed by atoms with E-state index in [-0.39, 0.29) is 12.0 Å². The highest BCUT2D eigenvalue weighted by molar-refractivity contribution is 5.69. The summed E-state index contributed by atoms with van der Waals surface area (Å²) < 4.78 is 4.93. The van der Waals surface area contributed by atoms with Crippen molar-refractivity contribution in [3.63, 3.8) is 0 Å². The lowest BCUT2D eigenvalue weighted by molar-refractivity contribution is -0.143. The Kier molecular flexibility index (Phi) is 4.37. The van der Waals surface area contributed by atoms with Crippen molar-refractivity contribution in [3.8, 4) is 0 Å². The van der Waals surface area contributed by atoms with Crippen molar-refractivity contribution in [1.29, 1.82) is 0 Å². The lowest BCUT2D eigenvalue weighted by Crippen LogP contribution is -2.27. The number of hydrogen-bond donors (Lipinski definition) is 1. The quantitative estimate of drug-likeness (QED) is 0.828. The molecule has 3 heteroatoms. The number of esters is 1. The van der Waals surface area contributed by atoms with Crippen LogP contribution in [0.2, 0.25) is 0 Å². The van der Waals surface area contributed by atoms with E-state index in [1.54, 1.807) is 0 Å². The van der Waals surface area contributed by atoms with E-state index < -0.39 is 0 Å². The van der Waals surface area contributed by atoms with E-state index in [0.717, 1.165) is 25.7 Å². The summed E-state index contributed by atoms with van der Waals surface area (Å²) in [5, 5.41) is 0. The van der Waals surface area contributed by atoms with Crippen LogP contribution in [0.25, 0.3) is 0 Å². The summed E-state index contributed by atoms with van der Waals surface area (Å²) in [5.74, 6) is -0.119. The summed E-state index contributed by atoms with van der Waals surface area (Å²) in [5.41, 5.74) is 9.96. The summed E-state index contributed by atoms with van der Waals surface area (Å²) >= 11 is 0. The first-order valence-electron chi connectivity index (χ1n) is 6.71. The number of carbonyl (C=O) groups is 1. The summed E-state index contributed by atoms with van der Waals surface area (Å²) in [6.07, 6.45) is 4.33. The van der Waals surface area contributed by atoms with Crippen LogP contribution in [0, 0.1) is 0 Å². The van der Waals surface area contributed by atoms with Gasteiger partial charge in [0.1, 0.15) is 0 Å². The Morgan fingerprint density at radius 2 is 2.28 bits per heavy atom. The largest absolute Gasteiger partial charge is 0.466 e. The van der Waals surface area contributed by atoms with E-state index in [2.05, 4.69) is 18.2 Å². The number of aryl methyl sites for hydroxylation is 2. The van der Waals surface area contributed by atoms with Crippen molar-refractivity contribution < 1.29 is 9.53 Å². The highest BCUT2D eigenvalue weighted by Crippen LogP contribution is 2.22. The van der Waals surface area contributed by atoms with Gasteiger partial charge in [-0.15, -0.1) is 0 Å². The fourth-order valence-electron chi connectivity index (χ4n) is 2.47. The Morgan fingerprint density at radius 1 is 1.44 bits per heavy atom. The van der Waals surface area contributed by atoms with E-state index >= 15 is 0 Å². The van der Waals surface area contributed by atoms with Crippen molar-refractivity contribution in [2.75, 3.05) is 6.61 Å². The molecule has 0 unspecified atom stereocenters. The van der Waals surface area contributed by atoms with Crippen molar-refractivity contribution in [3.05, 3.63) is 34.9 Å². The van der Waals surface area contributed by atoms with Gasteiger partial charge in [-0.25, -0.2) is 0 Å². The van der Waals surface area contributed by atoms with Gasteiger partial charge in [-0.05, 0) is 49.3 Å². The molecule has 1 aliphatic rings. The van der Waals surface area contributed by atoms with Gasteiger partial charge in [0.2, 0.25) is 0 Å². The molecule has 0 radical (unpaired) electrons. The summed E-state index contributed by atoms with van der Waals surface area (Å²) in [7, 11) is 0. The second kappa shape index (κ2) is 6.01. The first kappa shape index (κ1) is 13.1. The monoisotopic (exact) mass is 247 g/mol. The van der Waals surface area contributed by atoms with Crippen LogP contribution in [-0.4, -0.2) is 18.6 Å². The zero-order valence-electron chi connectivity index (χ0n) is 10.9. The van der Waals surface area contributed by atoms with Crippen LogP contribution >= 0.6 is 0 Å².